The lowest BCUT2D eigenvalue weighted by atomic mass is 9.66. The average Bonchev–Trinajstić information content (AvgIpc) is 2.55. The SMILES string of the molecule is COCCOCOCC1(C)CCC(C=O)C1(C)C. The lowest BCUT2D eigenvalue weighted by Gasteiger charge is -2.40. The topological polar surface area (TPSA) is 44.8 Å². The van der Waals surface area contributed by atoms with E-state index >= 15 is 0 Å². The van der Waals surface area contributed by atoms with Crippen molar-refractivity contribution < 1.29 is 19.0 Å². The summed E-state index contributed by atoms with van der Waals surface area (Å²) in [4.78, 5) is 11.1. The molecule has 106 valence electrons. The molecule has 0 aromatic rings. The molecule has 0 saturated heterocycles. The molecule has 18 heavy (non-hydrogen) atoms. The van der Waals surface area contributed by atoms with Crippen molar-refractivity contribution in [3.05, 3.63) is 0 Å². The summed E-state index contributed by atoms with van der Waals surface area (Å²) >= 11 is 0. The van der Waals surface area contributed by atoms with Crippen LogP contribution >= 0.6 is 0 Å². The maximum absolute atomic E-state index is 11.1. The van der Waals surface area contributed by atoms with E-state index in [1.54, 1.807) is 7.11 Å². The van der Waals surface area contributed by atoms with Crippen LogP contribution in [0.3, 0.4) is 0 Å². The minimum absolute atomic E-state index is 0.0126. The number of hydrogen-bond donors (Lipinski definition) is 0. The van der Waals surface area contributed by atoms with E-state index in [4.69, 9.17) is 14.2 Å². The fourth-order valence-corrected chi connectivity index (χ4v) is 2.63. The largest absolute Gasteiger partial charge is 0.382 e. The Morgan fingerprint density at radius 2 is 1.94 bits per heavy atom. The van der Waals surface area contributed by atoms with Gasteiger partial charge in [0.05, 0.1) is 19.8 Å². The Labute approximate surface area is 110 Å². The van der Waals surface area contributed by atoms with Gasteiger partial charge in [-0.25, -0.2) is 0 Å². The van der Waals surface area contributed by atoms with Gasteiger partial charge in [-0.1, -0.05) is 20.8 Å². The van der Waals surface area contributed by atoms with Crippen molar-refractivity contribution in [2.24, 2.45) is 16.7 Å². The molecule has 0 aromatic carbocycles. The summed E-state index contributed by atoms with van der Waals surface area (Å²) in [6, 6.07) is 0. The Kier molecular flexibility index (Phi) is 5.76. The molecule has 1 fully saturated rings. The first-order valence-corrected chi connectivity index (χ1v) is 6.57. The molecule has 4 nitrogen and oxygen atoms in total. The third-order valence-electron chi connectivity index (χ3n) is 4.67. The molecule has 1 aliphatic carbocycles. The van der Waals surface area contributed by atoms with Crippen LogP contribution in [-0.4, -0.2) is 40.0 Å². The Morgan fingerprint density at radius 1 is 1.22 bits per heavy atom. The standard InChI is InChI=1S/C14H26O4/c1-13(2)12(9-15)5-6-14(13,3)10-18-11-17-8-7-16-4/h9,12H,5-8,10-11H2,1-4H3. The van der Waals surface area contributed by atoms with Crippen molar-refractivity contribution in [3.8, 4) is 0 Å². The normalized spacial score (nSPS) is 30.6. The molecule has 0 aromatic heterocycles. The summed E-state index contributed by atoms with van der Waals surface area (Å²) in [6.07, 6.45) is 3.09. The molecule has 1 rings (SSSR count). The van der Waals surface area contributed by atoms with Crippen LogP contribution in [0.4, 0.5) is 0 Å². The second-order valence-corrected chi connectivity index (χ2v) is 5.93. The quantitative estimate of drug-likeness (QED) is 0.380. The van der Waals surface area contributed by atoms with Crippen LogP contribution in [0.5, 0.6) is 0 Å². The molecule has 1 saturated carbocycles. The number of ether oxygens (including phenoxy) is 3. The molecule has 2 unspecified atom stereocenters. The Balaban J connectivity index is 2.34. The van der Waals surface area contributed by atoms with Crippen molar-refractivity contribution in [2.75, 3.05) is 33.7 Å². The molecular formula is C14H26O4. The van der Waals surface area contributed by atoms with Gasteiger partial charge in [-0.05, 0) is 23.7 Å². The number of methoxy groups -OCH3 is 1. The van der Waals surface area contributed by atoms with Gasteiger partial charge >= 0.3 is 0 Å². The van der Waals surface area contributed by atoms with E-state index in [9.17, 15) is 4.79 Å². The molecule has 0 bridgehead atoms. The number of aldehydes is 1. The van der Waals surface area contributed by atoms with Crippen molar-refractivity contribution in [3.63, 3.8) is 0 Å². The monoisotopic (exact) mass is 258 g/mol. The predicted molar refractivity (Wildman–Crippen MR) is 69.3 cm³/mol. The van der Waals surface area contributed by atoms with Gasteiger partial charge in [0.15, 0.2) is 0 Å². The first-order valence-electron chi connectivity index (χ1n) is 6.57. The van der Waals surface area contributed by atoms with Gasteiger partial charge in [0.1, 0.15) is 13.1 Å². The van der Waals surface area contributed by atoms with E-state index < -0.39 is 0 Å². The van der Waals surface area contributed by atoms with Crippen molar-refractivity contribution >= 4 is 6.29 Å². The summed E-state index contributed by atoms with van der Waals surface area (Å²) in [6.45, 7) is 8.58. The van der Waals surface area contributed by atoms with E-state index in [0.29, 0.717) is 26.6 Å². The molecule has 0 amide bonds. The maximum atomic E-state index is 11.1. The Hall–Kier alpha value is -0.450. The van der Waals surface area contributed by atoms with Crippen LogP contribution in [0.1, 0.15) is 33.6 Å². The minimum atomic E-state index is -0.0126. The number of carbonyl (C=O) groups is 1. The summed E-state index contributed by atoms with van der Waals surface area (Å²) in [5.74, 6) is 0.139. The Morgan fingerprint density at radius 3 is 2.50 bits per heavy atom. The number of carbonyl (C=O) groups excluding carboxylic acids is 1. The van der Waals surface area contributed by atoms with Gasteiger partial charge in [0.2, 0.25) is 0 Å². The van der Waals surface area contributed by atoms with Crippen molar-refractivity contribution in [2.45, 2.75) is 33.6 Å². The van der Waals surface area contributed by atoms with Crippen LogP contribution in [0.15, 0.2) is 0 Å². The van der Waals surface area contributed by atoms with Gasteiger partial charge in [0, 0.05) is 13.0 Å². The molecule has 0 radical (unpaired) electrons. The van der Waals surface area contributed by atoms with Crippen LogP contribution in [0.2, 0.25) is 0 Å². The molecule has 2 atom stereocenters. The third kappa shape index (κ3) is 3.31. The van der Waals surface area contributed by atoms with Gasteiger partial charge < -0.3 is 19.0 Å². The fourth-order valence-electron chi connectivity index (χ4n) is 2.63. The second-order valence-electron chi connectivity index (χ2n) is 5.93. The zero-order valence-electron chi connectivity index (χ0n) is 12.0. The van der Waals surface area contributed by atoms with Crippen LogP contribution in [0, 0.1) is 16.7 Å². The van der Waals surface area contributed by atoms with Crippen molar-refractivity contribution in [1.29, 1.82) is 0 Å². The fraction of sp³-hybridized carbons (Fsp3) is 0.929. The van der Waals surface area contributed by atoms with E-state index in [0.717, 1.165) is 19.1 Å². The lowest BCUT2D eigenvalue weighted by Crippen LogP contribution is -2.38. The van der Waals surface area contributed by atoms with Crippen LogP contribution in [-0.2, 0) is 19.0 Å². The molecular weight excluding hydrogens is 232 g/mol. The van der Waals surface area contributed by atoms with E-state index in [1.807, 2.05) is 0 Å². The summed E-state index contributed by atoms with van der Waals surface area (Å²) in [7, 11) is 1.64. The van der Waals surface area contributed by atoms with Crippen LogP contribution < -0.4 is 0 Å². The van der Waals surface area contributed by atoms with Gasteiger partial charge in [-0.15, -0.1) is 0 Å². The molecule has 4 heteroatoms. The summed E-state index contributed by atoms with van der Waals surface area (Å²) in [5, 5.41) is 0. The highest BCUT2D eigenvalue weighted by atomic mass is 16.7. The smallest absolute Gasteiger partial charge is 0.146 e. The average molecular weight is 258 g/mol. The maximum Gasteiger partial charge on any atom is 0.146 e. The summed E-state index contributed by atoms with van der Waals surface area (Å²) in [5.41, 5.74) is 0.0322. The van der Waals surface area contributed by atoms with Crippen molar-refractivity contribution in [1.82, 2.24) is 0 Å². The highest BCUT2D eigenvalue weighted by Crippen LogP contribution is 2.55. The molecule has 0 aliphatic heterocycles. The third-order valence-corrected chi connectivity index (χ3v) is 4.67. The second kappa shape index (κ2) is 6.64. The van der Waals surface area contributed by atoms with E-state index in [-0.39, 0.29) is 16.7 Å². The number of hydrogen-bond acceptors (Lipinski definition) is 4. The van der Waals surface area contributed by atoms with Gasteiger partial charge in [-0.3, -0.25) is 0 Å². The van der Waals surface area contributed by atoms with Gasteiger partial charge in [0.25, 0.3) is 0 Å². The highest BCUT2D eigenvalue weighted by molar-refractivity contribution is 5.56. The first-order chi connectivity index (χ1) is 8.48. The zero-order valence-corrected chi connectivity index (χ0v) is 12.0. The number of rotatable bonds is 8. The zero-order chi connectivity index (χ0) is 13.6. The Bertz CT molecular complexity index is 265. The highest BCUT2D eigenvalue weighted by Gasteiger charge is 2.51. The first kappa shape index (κ1) is 15.6. The van der Waals surface area contributed by atoms with E-state index in [1.165, 1.54) is 0 Å². The molecule has 0 heterocycles. The van der Waals surface area contributed by atoms with Gasteiger partial charge in [-0.2, -0.15) is 0 Å². The van der Waals surface area contributed by atoms with E-state index in [2.05, 4.69) is 20.8 Å². The molecule has 0 spiro atoms. The van der Waals surface area contributed by atoms with Crippen LogP contribution in [0.25, 0.3) is 0 Å². The minimum Gasteiger partial charge on any atom is -0.382 e. The lowest BCUT2D eigenvalue weighted by molar-refractivity contribution is -0.120. The molecule has 1 aliphatic rings. The predicted octanol–water partition coefficient (Wildman–Crippen LogP) is 2.26. The molecule has 0 N–H and O–H groups in total. The summed E-state index contributed by atoms with van der Waals surface area (Å²) < 4.78 is 15.8.